The molecule has 2 fully saturated rings. The molecule has 9 nitrogen and oxygen atoms in total. The Kier molecular flexibility index (Phi) is 9.07. The van der Waals surface area contributed by atoms with Gasteiger partial charge < -0.3 is 24.6 Å². The molecule has 0 bridgehead atoms. The molecule has 0 aliphatic carbocycles. The Bertz CT molecular complexity index is 710. The number of ether oxygens (including phenoxy) is 2. The minimum atomic E-state index is -0.825. The number of amides is 1. The number of carboxylic acids is 1. The number of rotatable bonds is 7. The van der Waals surface area contributed by atoms with Gasteiger partial charge in [-0.05, 0) is 37.0 Å². The minimum Gasteiger partial charge on any atom is -0.497 e. The smallest absolute Gasteiger partial charge is 0.317 e. The summed E-state index contributed by atoms with van der Waals surface area (Å²) < 4.78 is 11.1. The summed E-state index contributed by atoms with van der Waals surface area (Å²) in [5.74, 6) is 0.166. The molecule has 3 rings (SSSR count). The van der Waals surface area contributed by atoms with Crippen molar-refractivity contribution in [3.63, 3.8) is 0 Å². The lowest BCUT2D eigenvalue weighted by Gasteiger charge is -2.40. The van der Waals surface area contributed by atoms with Crippen LogP contribution in [-0.4, -0.2) is 90.4 Å². The number of carbonyl (C=O) groups excluding carboxylic acids is 1. The molecule has 1 atom stereocenters. The third kappa shape index (κ3) is 7.00. The number of nitrogens with zero attached hydrogens (tertiary/aromatic N) is 2. The molecule has 2 N–H and O–H groups in total. The summed E-state index contributed by atoms with van der Waals surface area (Å²) in [6.07, 6.45) is 2.95. The second kappa shape index (κ2) is 11.5. The highest BCUT2D eigenvalue weighted by Crippen LogP contribution is 2.29. The zero-order valence-electron chi connectivity index (χ0n) is 17.3. The van der Waals surface area contributed by atoms with Crippen LogP contribution in [0.5, 0.6) is 5.75 Å². The van der Waals surface area contributed by atoms with Gasteiger partial charge in [0.1, 0.15) is 5.75 Å². The minimum absolute atomic E-state index is 0.0287. The number of hydrogen-bond acceptors (Lipinski definition) is 6. The fourth-order valence-corrected chi connectivity index (χ4v) is 3.95. The van der Waals surface area contributed by atoms with Crippen molar-refractivity contribution >= 4 is 18.3 Å². The molecule has 1 unspecified atom stereocenters. The van der Waals surface area contributed by atoms with Crippen molar-refractivity contribution < 1.29 is 34.1 Å². The van der Waals surface area contributed by atoms with Crippen LogP contribution in [0.2, 0.25) is 0 Å². The molecular weight excluding hydrogens is 392 g/mol. The van der Waals surface area contributed by atoms with Crippen LogP contribution in [0.3, 0.4) is 0 Å². The van der Waals surface area contributed by atoms with E-state index in [-0.39, 0.29) is 18.9 Å². The summed E-state index contributed by atoms with van der Waals surface area (Å²) in [5.41, 5.74) is 0.793. The summed E-state index contributed by atoms with van der Waals surface area (Å²) in [6, 6.07) is 7.93. The van der Waals surface area contributed by atoms with Gasteiger partial charge in [-0.15, -0.1) is 0 Å². The highest BCUT2D eigenvalue weighted by molar-refractivity contribution is 5.76. The Labute approximate surface area is 176 Å². The van der Waals surface area contributed by atoms with Crippen molar-refractivity contribution in [1.82, 2.24) is 9.80 Å². The van der Waals surface area contributed by atoms with E-state index in [1.54, 1.807) is 7.11 Å². The van der Waals surface area contributed by atoms with Gasteiger partial charge in [-0.2, -0.15) is 0 Å². The van der Waals surface area contributed by atoms with Crippen molar-refractivity contribution in [2.24, 2.45) is 0 Å². The van der Waals surface area contributed by atoms with Crippen molar-refractivity contribution in [1.29, 1.82) is 0 Å². The molecule has 166 valence electrons. The molecule has 1 aromatic carbocycles. The van der Waals surface area contributed by atoms with E-state index < -0.39 is 11.6 Å². The third-order valence-electron chi connectivity index (χ3n) is 5.37. The first-order chi connectivity index (χ1) is 14.4. The lowest BCUT2D eigenvalue weighted by Crippen LogP contribution is -2.55. The first-order valence-electron chi connectivity index (χ1n) is 9.98. The molecule has 9 heteroatoms. The van der Waals surface area contributed by atoms with Gasteiger partial charge >= 0.3 is 5.97 Å². The summed E-state index contributed by atoms with van der Waals surface area (Å²) in [6.45, 7) is 2.75. The number of benzene rings is 1. The Balaban J connectivity index is 0.00000101. The van der Waals surface area contributed by atoms with Gasteiger partial charge in [0.2, 0.25) is 5.91 Å². The molecule has 1 spiro atoms. The number of hydrogen-bond donors (Lipinski definition) is 2. The first kappa shape index (κ1) is 23.6. The normalized spacial score (nSPS) is 21.0. The van der Waals surface area contributed by atoms with Gasteiger partial charge in [-0.1, -0.05) is 12.1 Å². The molecule has 1 amide bonds. The predicted molar refractivity (Wildman–Crippen MR) is 109 cm³/mol. The van der Waals surface area contributed by atoms with E-state index in [2.05, 4.69) is 0 Å². The molecule has 0 radical (unpaired) electrons. The summed E-state index contributed by atoms with van der Waals surface area (Å²) in [4.78, 5) is 35.7. The molecule has 2 aliphatic rings. The standard InChI is InChI=1S/C20H28N2O5.CH2O2/c1-26-17-7-5-16(6-8-17)3-2-4-18(23)22-11-12-27-20(15-22)9-10-21(14-20)13-19(24)25;2-1-3/h5-8H,2-4,9-15H2,1H3,(H,24,25);1H,(H,2,3). The van der Waals surface area contributed by atoms with Crippen LogP contribution < -0.4 is 4.74 Å². The maximum atomic E-state index is 12.6. The van der Waals surface area contributed by atoms with Crippen LogP contribution in [-0.2, 0) is 25.5 Å². The lowest BCUT2D eigenvalue weighted by atomic mass is 10.00. The van der Waals surface area contributed by atoms with Gasteiger partial charge in [-0.25, -0.2) is 0 Å². The number of aryl methyl sites for hydroxylation is 1. The quantitative estimate of drug-likeness (QED) is 0.628. The topological polar surface area (TPSA) is 117 Å². The molecule has 2 heterocycles. The average molecular weight is 422 g/mol. The molecule has 0 saturated carbocycles. The summed E-state index contributed by atoms with van der Waals surface area (Å²) in [5, 5.41) is 15.9. The highest BCUT2D eigenvalue weighted by atomic mass is 16.5. The number of likely N-dealkylation sites (tertiary alicyclic amines) is 1. The summed E-state index contributed by atoms with van der Waals surface area (Å²) in [7, 11) is 1.65. The zero-order chi connectivity index (χ0) is 22.0. The van der Waals surface area contributed by atoms with Crippen LogP contribution in [0.4, 0.5) is 0 Å². The number of carboxylic acid groups (broad SMARTS) is 2. The number of morpholine rings is 1. The van der Waals surface area contributed by atoms with Crippen molar-refractivity contribution in [2.45, 2.75) is 31.3 Å². The van der Waals surface area contributed by atoms with Crippen LogP contribution in [0.1, 0.15) is 24.8 Å². The van der Waals surface area contributed by atoms with Gasteiger partial charge in [0.15, 0.2) is 0 Å². The lowest BCUT2D eigenvalue weighted by molar-refractivity contribution is -0.150. The van der Waals surface area contributed by atoms with Gasteiger partial charge in [-0.3, -0.25) is 19.3 Å². The Morgan fingerprint density at radius 1 is 1.23 bits per heavy atom. The monoisotopic (exact) mass is 422 g/mol. The van der Waals surface area contributed by atoms with Gasteiger partial charge in [0.25, 0.3) is 6.47 Å². The highest BCUT2D eigenvalue weighted by Gasteiger charge is 2.44. The maximum Gasteiger partial charge on any atom is 0.317 e. The fourth-order valence-electron chi connectivity index (χ4n) is 3.95. The number of carbonyl (C=O) groups is 3. The van der Waals surface area contributed by atoms with E-state index in [1.807, 2.05) is 34.1 Å². The van der Waals surface area contributed by atoms with Crippen molar-refractivity contribution in [3.8, 4) is 5.75 Å². The average Bonchev–Trinajstić information content (AvgIpc) is 3.09. The van der Waals surface area contributed by atoms with E-state index in [0.29, 0.717) is 39.2 Å². The second-order valence-electron chi connectivity index (χ2n) is 7.51. The second-order valence-corrected chi connectivity index (χ2v) is 7.51. The molecule has 30 heavy (non-hydrogen) atoms. The maximum absolute atomic E-state index is 12.6. The fraction of sp³-hybridized carbons (Fsp3) is 0.571. The largest absolute Gasteiger partial charge is 0.497 e. The van der Waals surface area contributed by atoms with Gasteiger partial charge in [0, 0.05) is 26.1 Å². The zero-order valence-corrected chi connectivity index (χ0v) is 17.3. The first-order valence-corrected chi connectivity index (χ1v) is 9.98. The van der Waals surface area contributed by atoms with Crippen LogP contribution in [0, 0.1) is 0 Å². The van der Waals surface area contributed by atoms with Crippen LogP contribution >= 0.6 is 0 Å². The Morgan fingerprint density at radius 3 is 2.57 bits per heavy atom. The Morgan fingerprint density at radius 2 is 1.93 bits per heavy atom. The van der Waals surface area contributed by atoms with Crippen LogP contribution in [0.15, 0.2) is 24.3 Å². The van der Waals surface area contributed by atoms with Gasteiger partial charge in [0.05, 0.1) is 32.4 Å². The molecule has 2 aliphatic heterocycles. The Hall–Kier alpha value is -2.65. The number of aliphatic carboxylic acids is 1. The summed E-state index contributed by atoms with van der Waals surface area (Å²) >= 11 is 0. The van der Waals surface area contributed by atoms with E-state index in [0.717, 1.165) is 25.0 Å². The molecule has 2 saturated heterocycles. The van der Waals surface area contributed by atoms with E-state index in [1.165, 1.54) is 5.56 Å². The molecule has 0 aromatic heterocycles. The number of methoxy groups -OCH3 is 1. The molecule has 1 aromatic rings. The van der Waals surface area contributed by atoms with Crippen molar-refractivity contribution in [3.05, 3.63) is 29.8 Å². The molecular formula is C21H30N2O7. The van der Waals surface area contributed by atoms with E-state index >= 15 is 0 Å². The SMILES string of the molecule is COc1ccc(CCCC(=O)N2CCOC3(CCN(CC(=O)O)C3)C2)cc1.O=CO. The van der Waals surface area contributed by atoms with E-state index in [9.17, 15) is 9.59 Å². The predicted octanol–water partition coefficient (Wildman–Crippen LogP) is 1.11. The van der Waals surface area contributed by atoms with Crippen LogP contribution in [0.25, 0.3) is 0 Å². The third-order valence-corrected chi connectivity index (χ3v) is 5.37. The van der Waals surface area contributed by atoms with E-state index in [4.69, 9.17) is 24.5 Å². The van der Waals surface area contributed by atoms with Crippen molar-refractivity contribution in [2.75, 3.05) is 46.4 Å².